The average Bonchev–Trinajstić information content (AvgIpc) is 3.14. The summed E-state index contributed by atoms with van der Waals surface area (Å²) < 4.78 is 12.9. The minimum Gasteiger partial charge on any atom is -0.397 e. The molecule has 1 amide bonds. The number of halogens is 1. The summed E-state index contributed by atoms with van der Waals surface area (Å²) in [5.74, 6) is -0.513. The molecule has 5 heteroatoms. The zero-order valence-corrected chi connectivity index (χ0v) is 10.4. The molecule has 18 heavy (non-hydrogen) atoms. The lowest BCUT2D eigenvalue weighted by molar-refractivity contribution is -0.117. The number of rotatable bonds is 5. The molecule has 0 saturated heterocycles. The van der Waals surface area contributed by atoms with Crippen LogP contribution in [0.25, 0.3) is 0 Å². The van der Waals surface area contributed by atoms with Crippen molar-refractivity contribution in [3.63, 3.8) is 0 Å². The van der Waals surface area contributed by atoms with E-state index < -0.39 is 5.82 Å². The Labute approximate surface area is 106 Å². The van der Waals surface area contributed by atoms with Crippen molar-refractivity contribution in [1.29, 1.82) is 0 Å². The predicted molar refractivity (Wildman–Crippen MR) is 69.7 cm³/mol. The van der Waals surface area contributed by atoms with Gasteiger partial charge in [-0.2, -0.15) is 0 Å². The first-order chi connectivity index (χ1) is 8.60. The number of carbonyl (C=O) groups is 1. The molecule has 1 aromatic carbocycles. The number of anilines is 2. The van der Waals surface area contributed by atoms with E-state index in [1.807, 2.05) is 6.92 Å². The summed E-state index contributed by atoms with van der Waals surface area (Å²) in [5.41, 5.74) is 6.35. The number of hydrogen-bond acceptors (Lipinski definition) is 3. The van der Waals surface area contributed by atoms with Crippen molar-refractivity contribution in [3.8, 4) is 0 Å². The molecule has 3 N–H and O–H groups in total. The maximum absolute atomic E-state index is 12.9. The fourth-order valence-electron chi connectivity index (χ4n) is 1.96. The molecule has 1 fully saturated rings. The van der Waals surface area contributed by atoms with Gasteiger partial charge in [-0.15, -0.1) is 0 Å². The van der Waals surface area contributed by atoms with E-state index in [0.29, 0.717) is 18.3 Å². The predicted octanol–water partition coefficient (Wildman–Crippen LogP) is 1.83. The molecular formula is C13H18FN3O. The Kier molecular flexibility index (Phi) is 3.81. The number of nitrogens with one attached hydrogen (secondary N) is 1. The number of amides is 1. The van der Waals surface area contributed by atoms with Crippen LogP contribution in [0.5, 0.6) is 0 Å². The van der Waals surface area contributed by atoms with Crippen molar-refractivity contribution in [2.45, 2.75) is 25.8 Å². The lowest BCUT2D eigenvalue weighted by Gasteiger charge is -2.19. The highest BCUT2D eigenvalue weighted by Crippen LogP contribution is 2.26. The molecule has 0 aromatic heterocycles. The third kappa shape index (κ3) is 3.20. The smallest absolute Gasteiger partial charge is 0.238 e. The summed E-state index contributed by atoms with van der Waals surface area (Å²) in [6.07, 6.45) is 2.33. The van der Waals surface area contributed by atoms with Crippen LogP contribution in [0.2, 0.25) is 0 Å². The first kappa shape index (κ1) is 12.8. The molecule has 0 radical (unpaired) electrons. The Bertz CT molecular complexity index is 446. The minimum absolute atomic E-state index is 0.109. The number of carbonyl (C=O) groups excluding carboxylic acids is 1. The van der Waals surface area contributed by atoms with Crippen LogP contribution in [-0.4, -0.2) is 29.9 Å². The third-order valence-corrected chi connectivity index (χ3v) is 3.10. The maximum Gasteiger partial charge on any atom is 0.238 e. The fraction of sp³-hybridized carbons (Fsp3) is 0.462. The second-order valence-corrected chi connectivity index (χ2v) is 4.57. The zero-order chi connectivity index (χ0) is 13.1. The SMILES string of the molecule is CCN(CC(=O)Nc1ccc(F)cc1N)C1CC1. The lowest BCUT2D eigenvalue weighted by Crippen LogP contribution is -2.34. The summed E-state index contributed by atoms with van der Waals surface area (Å²) in [4.78, 5) is 14.0. The molecule has 98 valence electrons. The highest BCUT2D eigenvalue weighted by Gasteiger charge is 2.28. The third-order valence-electron chi connectivity index (χ3n) is 3.10. The summed E-state index contributed by atoms with van der Waals surface area (Å²) in [6, 6.07) is 4.51. The van der Waals surface area contributed by atoms with Gasteiger partial charge in [-0.1, -0.05) is 6.92 Å². The Morgan fingerprint density at radius 1 is 1.56 bits per heavy atom. The molecule has 0 unspecified atom stereocenters. The van der Waals surface area contributed by atoms with Gasteiger partial charge < -0.3 is 11.1 Å². The molecule has 1 aliphatic rings. The highest BCUT2D eigenvalue weighted by atomic mass is 19.1. The minimum atomic E-state index is -0.404. The van der Waals surface area contributed by atoms with Crippen LogP contribution in [0.3, 0.4) is 0 Å². The summed E-state index contributed by atoms with van der Waals surface area (Å²) in [6.45, 7) is 3.26. The molecule has 1 aromatic rings. The van der Waals surface area contributed by atoms with Gasteiger partial charge in [0.1, 0.15) is 5.82 Å². The molecule has 0 aliphatic heterocycles. The molecule has 2 rings (SSSR count). The fourth-order valence-corrected chi connectivity index (χ4v) is 1.96. The molecule has 0 heterocycles. The second kappa shape index (κ2) is 5.35. The second-order valence-electron chi connectivity index (χ2n) is 4.57. The Morgan fingerprint density at radius 2 is 2.28 bits per heavy atom. The number of nitrogen functional groups attached to an aromatic ring is 1. The van der Waals surface area contributed by atoms with Crippen LogP contribution < -0.4 is 11.1 Å². The van der Waals surface area contributed by atoms with E-state index in [1.165, 1.54) is 31.0 Å². The quantitative estimate of drug-likeness (QED) is 0.785. The first-order valence-electron chi connectivity index (χ1n) is 6.19. The molecule has 1 saturated carbocycles. The van der Waals surface area contributed by atoms with Gasteiger partial charge in [-0.3, -0.25) is 9.69 Å². The average molecular weight is 251 g/mol. The van der Waals surface area contributed by atoms with Gasteiger partial charge in [0, 0.05) is 6.04 Å². The molecule has 4 nitrogen and oxygen atoms in total. The monoisotopic (exact) mass is 251 g/mol. The Morgan fingerprint density at radius 3 is 2.83 bits per heavy atom. The number of hydrogen-bond donors (Lipinski definition) is 2. The van der Waals surface area contributed by atoms with E-state index in [-0.39, 0.29) is 11.6 Å². The van der Waals surface area contributed by atoms with Crippen molar-refractivity contribution < 1.29 is 9.18 Å². The van der Waals surface area contributed by atoms with Gasteiger partial charge >= 0.3 is 0 Å². The molecule has 0 spiro atoms. The van der Waals surface area contributed by atoms with Crippen LogP contribution in [0.4, 0.5) is 15.8 Å². The Hall–Kier alpha value is -1.62. The van der Waals surface area contributed by atoms with Crippen molar-refractivity contribution in [3.05, 3.63) is 24.0 Å². The van der Waals surface area contributed by atoms with Gasteiger partial charge in [0.25, 0.3) is 0 Å². The standard InChI is InChI=1S/C13H18FN3O/c1-2-17(10-4-5-10)8-13(18)16-12-6-3-9(14)7-11(12)15/h3,6-7,10H,2,4-5,8,15H2,1H3,(H,16,18). The van der Waals surface area contributed by atoms with Gasteiger partial charge in [0.2, 0.25) is 5.91 Å². The van der Waals surface area contributed by atoms with Crippen molar-refractivity contribution >= 4 is 17.3 Å². The van der Waals surface area contributed by atoms with Gasteiger partial charge in [-0.05, 0) is 37.6 Å². The van der Waals surface area contributed by atoms with E-state index in [2.05, 4.69) is 10.2 Å². The molecule has 0 bridgehead atoms. The summed E-state index contributed by atoms with van der Waals surface area (Å²) in [5, 5.41) is 2.71. The Balaban J connectivity index is 1.93. The van der Waals surface area contributed by atoms with Crippen LogP contribution in [0, 0.1) is 5.82 Å². The van der Waals surface area contributed by atoms with Crippen LogP contribution in [0.1, 0.15) is 19.8 Å². The van der Waals surface area contributed by atoms with Crippen LogP contribution >= 0.6 is 0 Å². The normalized spacial score (nSPS) is 14.8. The topological polar surface area (TPSA) is 58.4 Å². The first-order valence-corrected chi connectivity index (χ1v) is 6.19. The number of nitrogens with zero attached hydrogens (tertiary/aromatic N) is 1. The van der Waals surface area contributed by atoms with Crippen molar-refractivity contribution in [1.82, 2.24) is 4.90 Å². The molecular weight excluding hydrogens is 233 g/mol. The summed E-state index contributed by atoms with van der Waals surface area (Å²) >= 11 is 0. The van der Waals surface area contributed by atoms with E-state index in [4.69, 9.17) is 5.73 Å². The van der Waals surface area contributed by atoms with E-state index in [1.54, 1.807) is 0 Å². The van der Waals surface area contributed by atoms with E-state index in [0.717, 1.165) is 6.54 Å². The largest absolute Gasteiger partial charge is 0.397 e. The van der Waals surface area contributed by atoms with Crippen molar-refractivity contribution in [2.75, 3.05) is 24.1 Å². The number of nitrogens with two attached hydrogens (primary N) is 1. The number of benzene rings is 1. The van der Waals surface area contributed by atoms with Crippen LogP contribution in [0.15, 0.2) is 18.2 Å². The van der Waals surface area contributed by atoms with E-state index in [9.17, 15) is 9.18 Å². The van der Waals surface area contributed by atoms with Gasteiger partial charge in [0.15, 0.2) is 0 Å². The van der Waals surface area contributed by atoms with Crippen LogP contribution in [-0.2, 0) is 4.79 Å². The zero-order valence-electron chi connectivity index (χ0n) is 10.4. The number of likely N-dealkylation sites (N-methyl/N-ethyl adjacent to an activating group) is 1. The molecule has 0 atom stereocenters. The van der Waals surface area contributed by atoms with Crippen molar-refractivity contribution in [2.24, 2.45) is 0 Å². The molecule has 1 aliphatic carbocycles. The summed E-state index contributed by atoms with van der Waals surface area (Å²) in [7, 11) is 0. The lowest BCUT2D eigenvalue weighted by atomic mass is 10.2. The van der Waals surface area contributed by atoms with Gasteiger partial charge in [0.05, 0.1) is 17.9 Å². The highest BCUT2D eigenvalue weighted by molar-refractivity contribution is 5.95. The van der Waals surface area contributed by atoms with Gasteiger partial charge in [-0.25, -0.2) is 4.39 Å². The maximum atomic E-state index is 12.9. The van der Waals surface area contributed by atoms with E-state index >= 15 is 0 Å².